The van der Waals surface area contributed by atoms with E-state index in [2.05, 4.69) is 10.2 Å². The summed E-state index contributed by atoms with van der Waals surface area (Å²) in [5, 5.41) is 9.27. The Bertz CT molecular complexity index is 845. The molecule has 1 aliphatic heterocycles. The topological polar surface area (TPSA) is 73.8 Å². The monoisotopic (exact) mass is 407 g/mol. The van der Waals surface area contributed by atoms with Crippen LogP contribution in [0.4, 0.5) is 4.79 Å². The number of nitrogens with zero attached hydrogens (tertiary/aromatic N) is 3. The lowest BCUT2D eigenvalue weighted by molar-refractivity contribution is 0.0164. The second-order valence-electron chi connectivity index (χ2n) is 7.93. The van der Waals surface area contributed by atoms with Crippen LogP contribution in [0, 0.1) is 5.92 Å². The molecule has 1 amide bonds. The van der Waals surface area contributed by atoms with E-state index in [4.69, 9.17) is 25.8 Å². The lowest BCUT2D eigenvalue weighted by atomic mass is 9.98. The average molecular weight is 408 g/mol. The fraction of sp³-hybridized carbons (Fsp3) is 0.550. The number of likely N-dealkylation sites (tertiary alicyclic amines) is 1. The first-order chi connectivity index (χ1) is 13.3. The smallest absolute Gasteiger partial charge is 0.410 e. The Labute approximate surface area is 169 Å². The first kappa shape index (κ1) is 20.5. The number of fused-ring (bicyclic) bond motifs is 1. The molecule has 0 aliphatic carbocycles. The van der Waals surface area contributed by atoms with E-state index >= 15 is 0 Å². The van der Waals surface area contributed by atoms with Gasteiger partial charge in [-0.15, -0.1) is 0 Å². The zero-order valence-corrected chi connectivity index (χ0v) is 17.5. The molecule has 0 saturated carbocycles. The third-order valence-corrected chi connectivity index (χ3v) is 4.92. The number of aromatic nitrogens is 2. The number of carbonyl (C=O) groups excluding carboxylic acids is 1. The molecule has 1 aromatic heterocycles. The minimum atomic E-state index is -0.477. The zero-order chi connectivity index (χ0) is 20.3. The fourth-order valence-corrected chi connectivity index (χ4v) is 3.32. The van der Waals surface area contributed by atoms with E-state index in [1.54, 1.807) is 18.1 Å². The molecule has 0 unspecified atom stereocenters. The van der Waals surface area contributed by atoms with Crippen molar-refractivity contribution >= 4 is 28.6 Å². The summed E-state index contributed by atoms with van der Waals surface area (Å²) in [5.41, 5.74) is 0.179. The number of carbonyl (C=O) groups is 1. The molecule has 2 aromatic rings. The van der Waals surface area contributed by atoms with Gasteiger partial charge in [-0.1, -0.05) is 11.6 Å². The van der Waals surface area contributed by atoms with Gasteiger partial charge in [0.25, 0.3) is 0 Å². The molecule has 0 N–H and O–H groups in total. The SMILES string of the molecule is COc1cc2c(Cl)cnnc2cc1OCC1CCN(C(=O)OC(C)(C)C)CC1. The Balaban J connectivity index is 1.59. The van der Waals surface area contributed by atoms with E-state index in [1.807, 2.05) is 26.8 Å². The molecule has 7 nitrogen and oxygen atoms in total. The van der Waals surface area contributed by atoms with E-state index < -0.39 is 5.60 Å². The molecule has 2 heterocycles. The summed E-state index contributed by atoms with van der Waals surface area (Å²) >= 11 is 6.18. The van der Waals surface area contributed by atoms with Crippen LogP contribution in [0.3, 0.4) is 0 Å². The Kier molecular flexibility index (Phi) is 6.13. The molecule has 0 spiro atoms. The summed E-state index contributed by atoms with van der Waals surface area (Å²) in [6.45, 7) is 7.50. The maximum absolute atomic E-state index is 12.2. The largest absolute Gasteiger partial charge is 0.493 e. The summed E-state index contributed by atoms with van der Waals surface area (Å²) < 4.78 is 16.9. The van der Waals surface area contributed by atoms with Crippen LogP contribution in [0.1, 0.15) is 33.6 Å². The van der Waals surface area contributed by atoms with E-state index in [9.17, 15) is 4.79 Å². The number of piperidine rings is 1. The van der Waals surface area contributed by atoms with Gasteiger partial charge in [0.2, 0.25) is 0 Å². The highest BCUT2D eigenvalue weighted by molar-refractivity contribution is 6.35. The molecule has 1 aromatic carbocycles. The van der Waals surface area contributed by atoms with Crippen molar-refractivity contribution in [3.8, 4) is 11.5 Å². The normalized spacial score (nSPS) is 15.5. The van der Waals surface area contributed by atoms with Crippen molar-refractivity contribution in [1.29, 1.82) is 0 Å². The van der Waals surface area contributed by atoms with E-state index in [0.717, 1.165) is 18.2 Å². The predicted molar refractivity (Wildman–Crippen MR) is 107 cm³/mol. The van der Waals surface area contributed by atoms with Crippen LogP contribution in [0.15, 0.2) is 18.3 Å². The van der Waals surface area contributed by atoms with Gasteiger partial charge in [-0.3, -0.25) is 0 Å². The van der Waals surface area contributed by atoms with Crippen LogP contribution in [-0.2, 0) is 4.74 Å². The molecule has 1 saturated heterocycles. The summed E-state index contributed by atoms with van der Waals surface area (Å²) in [4.78, 5) is 13.9. The quantitative estimate of drug-likeness (QED) is 0.751. The van der Waals surface area contributed by atoms with Crippen LogP contribution < -0.4 is 9.47 Å². The summed E-state index contributed by atoms with van der Waals surface area (Å²) in [6.07, 6.45) is 2.97. The standard InChI is InChI=1S/C20H26ClN3O4/c1-20(2,3)28-19(25)24-7-5-13(6-8-24)12-27-18-10-16-14(9-17(18)26-4)15(21)11-22-23-16/h9-11,13H,5-8,12H2,1-4H3. The van der Waals surface area contributed by atoms with Gasteiger partial charge in [0.05, 0.1) is 30.5 Å². The second-order valence-corrected chi connectivity index (χ2v) is 8.34. The Morgan fingerprint density at radius 1 is 1.25 bits per heavy atom. The van der Waals surface area contributed by atoms with Gasteiger partial charge < -0.3 is 19.1 Å². The van der Waals surface area contributed by atoms with Crippen LogP contribution in [-0.4, -0.2) is 53.6 Å². The minimum Gasteiger partial charge on any atom is -0.493 e. The number of amides is 1. The molecular weight excluding hydrogens is 382 g/mol. The summed E-state index contributed by atoms with van der Waals surface area (Å²) in [5.74, 6) is 1.57. The van der Waals surface area contributed by atoms with Crippen LogP contribution >= 0.6 is 11.6 Å². The van der Waals surface area contributed by atoms with E-state index in [-0.39, 0.29) is 6.09 Å². The maximum Gasteiger partial charge on any atom is 0.410 e. The Hall–Kier alpha value is -2.28. The number of hydrogen-bond donors (Lipinski definition) is 0. The third-order valence-electron chi connectivity index (χ3n) is 4.62. The first-order valence-electron chi connectivity index (χ1n) is 9.36. The number of methoxy groups -OCH3 is 1. The molecular formula is C20H26ClN3O4. The molecule has 0 radical (unpaired) electrons. The highest BCUT2D eigenvalue weighted by atomic mass is 35.5. The van der Waals surface area contributed by atoms with Gasteiger partial charge in [0.15, 0.2) is 11.5 Å². The van der Waals surface area contributed by atoms with Gasteiger partial charge in [0.1, 0.15) is 5.60 Å². The van der Waals surface area contributed by atoms with Gasteiger partial charge in [-0.05, 0) is 45.6 Å². The number of rotatable bonds is 4. The fourth-order valence-electron chi connectivity index (χ4n) is 3.12. The molecule has 8 heteroatoms. The molecule has 3 rings (SSSR count). The van der Waals surface area contributed by atoms with Crippen molar-refractivity contribution in [3.05, 3.63) is 23.4 Å². The zero-order valence-electron chi connectivity index (χ0n) is 16.7. The molecule has 28 heavy (non-hydrogen) atoms. The predicted octanol–water partition coefficient (Wildman–Crippen LogP) is 4.32. The molecule has 152 valence electrons. The van der Waals surface area contributed by atoms with Crippen molar-refractivity contribution in [2.45, 2.75) is 39.2 Å². The highest BCUT2D eigenvalue weighted by Gasteiger charge is 2.27. The lowest BCUT2D eigenvalue weighted by Crippen LogP contribution is -2.42. The van der Waals surface area contributed by atoms with Crippen molar-refractivity contribution in [2.24, 2.45) is 5.92 Å². The lowest BCUT2D eigenvalue weighted by Gasteiger charge is -2.33. The number of benzene rings is 1. The van der Waals surface area contributed by atoms with Crippen molar-refractivity contribution < 1.29 is 19.0 Å². The number of hydrogen-bond acceptors (Lipinski definition) is 6. The third kappa shape index (κ3) is 4.95. The average Bonchev–Trinajstić information content (AvgIpc) is 2.65. The first-order valence-corrected chi connectivity index (χ1v) is 9.74. The van der Waals surface area contributed by atoms with Gasteiger partial charge in [-0.2, -0.15) is 10.2 Å². The summed E-state index contributed by atoms with van der Waals surface area (Å²) in [7, 11) is 1.59. The van der Waals surface area contributed by atoms with Crippen LogP contribution in [0.2, 0.25) is 5.02 Å². The van der Waals surface area contributed by atoms with Gasteiger partial charge in [0, 0.05) is 24.5 Å². The molecule has 1 aliphatic rings. The van der Waals surface area contributed by atoms with Gasteiger partial charge >= 0.3 is 6.09 Å². The Morgan fingerprint density at radius 3 is 2.61 bits per heavy atom. The van der Waals surface area contributed by atoms with Crippen LogP contribution in [0.5, 0.6) is 11.5 Å². The maximum atomic E-state index is 12.2. The van der Waals surface area contributed by atoms with E-state index in [1.165, 1.54) is 6.20 Å². The summed E-state index contributed by atoms with van der Waals surface area (Å²) in [6, 6.07) is 3.61. The van der Waals surface area contributed by atoms with E-state index in [0.29, 0.717) is 47.7 Å². The minimum absolute atomic E-state index is 0.251. The number of ether oxygens (including phenoxy) is 3. The number of halogens is 1. The van der Waals surface area contributed by atoms with Crippen molar-refractivity contribution in [3.63, 3.8) is 0 Å². The second kappa shape index (κ2) is 8.39. The molecule has 1 fully saturated rings. The molecule has 0 atom stereocenters. The van der Waals surface area contributed by atoms with Crippen molar-refractivity contribution in [2.75, 3.05) is 26.8 Å². The van der Waals surface area contributed by atoms with Crippen LogP contribution in [0.25, 0.3) is 10.9 Å². The Morgan fingerprint density at radius 2 is 1.96 bits per heavy atom. The highest BCUT2D eigenvalue weighted by Crippen LogP contribution is 2.34. The van der Waals surface area contributed by atoms with Crippen molar-refractivity contribution in [1.82, 2.24) is 15.1 Å². The van der Waals surface area contributed by atoms with Gasteiger partial charge in [-0.25, -0.2) is 4.79 Å². The molecule has 0 bridgehead atoms.